The summed E-state index contributed by atoms with van der Waals surface area (Å²) in [4.78, 5) is 12.1. The molecule has 1 amide bonds. The molecule has 0 aromatic heterocycles. The lowest BCUT2D eigenvalue weighted by Gasteiger charge is -2.28. The van der Waals surface area contributed by atoms with E-state index in [4.69, 9.17) is 16.3 Å². The largest absolute Gasteiger partial charge is 0.484 e. The van der Waals surface area contributed by atoms with Gasteiger partial charge in [0.25, 0.3) is 5.91 Å². The van der Waals surface area contributed by atoms with Gasteiger partial charge in [0.05, 0.1) is 0 Å². The number of carbonyl (C=O) groups is 1. The van der Waals surface area contributed by atoms with Gasteiger partial charge in [-0.1, -0.05) is 18.0 Å². The zero-order chi connectivity index (χ0) is 15.7. The molecule has 0 saturated heterocycles. The summed E-state index contributed by atoms with van der Waals surface area (Å²) < 4.78 is 5.61. The minimum Gasteiger partial charge on any atom is -0.484 e. The number of benzene rings is 1. The summed E-state index contributed by atoms with van der Waals surface area (Å²) in [6, 6.07) is 5.68. The fraction of sp³-hybridized carbons (Fsp3) is 0.611. The Hall–Kier alpha value is -1.22. The molecule has 2 bridgehead atoms. The van der Waals surface area contributed by atoms with Gasteiger partial charge in [-0.15, -0.1) is 0 Å². The van der Waals surface area contributed by atoms with E-state index in [9.17, 15) is 4.79 Å². The van der Waals surface area contributed by atoms with Crippen LogP contribution in [0.2, 0.25) is 5.02 Å². The Morgan fingerprint density at radius 2 is 2.23 bits per heavy atom. The van der Waals surface area contributed by atoms with Crippen molar-refractivity contribution in [3.05, 3.63) is 28.8 Å². The second-order valence-corrected chi connectivity index (χ2v) is 7.33. The lowest BCUT2D eigenvalue weighted by molar-refractivity contribution is -0.124. The Balaban J connectivity index is 1.48. The average Bonchev–Trinajstić information content (AvgIpc) is 3.09. The number of carbonyl (C=O) groups excluding carboxylic acids is 1. The fourth-order valence-corrected chi connectivity index (χ4v) is 4.45. The van der Waals surface area contributed by atoms with Crippen LogP contribution in [0, 0.1) is 24.7 Å². The predicted molar refractivity (Wildman–Crippen MR) is 88.2 cm³/mol. The van der Waals surface area contributed by atoms with E-state index in [0.717, 1.165) is 17.4 Å². The highest BCUT2D eigenvalue weighted by Crippen LogP contribution is 2.49. The second-order valence-electron chi connectivity index (χ2n) is 6.89. The number of amides is 1. The van der Waals surface area contributed by atoms with Crippen molar-refractivity contribution >= 4 is 17.5 Å². The normalized spacial score (nSPS) is 27.7. The van der Waals surface area contributed by atoms with Crippen LogP contribution in [0.1, 0.15) is 38.2 Å². The number of halogens is 1. The monoisotopic (exact) mass is 321 g/mol. The Bertz CT molecular complexity index is 560. The maximum absolute atomic E-state index is 12.1. The maximum Gasteiger partial charge on any atom is 0.258 e. The van der Waals surface area contributed by atoms with Gasteiger partial charge in [-0.25, -0.2) is 0 Å². The molecule has 120 valence electrons. The number of hydrogen-bond acceptors (Lipinski definition) is 2. The van der Waals surface area contributed by atoms with Gasteiger partial charge < -0.3 is 10.1 Å². The second kappa shape index (κ2) is 6.49. The first-order chi connectivity index (χ1) is 10.5. The molecule has 4 atom stereocenters. The standard InChI is InChI=1S/C18H24ClNO2/c1-11-7-15(19)5-6-17(11)22-10-18(21)20-12(2)16-9-13-3-4-14(16)8-13/h5-7,12-14,16H,3-4,8-10H2,1-2H3,(H,20,21)/t12-,13+,14-,16+/m0/s1. The predicted octanol–water partition coefficient (Wildman–Crippen LogP) is 3.97. The summed E-state index contributed by atoms with van der Waals surface area (Å²) in [6.07, 6.45) is 5.38. The average molecular weight is 322 g/mol. The van der Waals surface area contributed by atoms with Crippen LogP contribution < -0.4 is 10.1 Å². The molecule has 2 saturated carbocycles. The van der Waals surface area contributed by atoms with Crippen molar-refractivity contribution in [1.29, 1.82) is 0 Å². The molecule has 1 N–H and O–H groups in total. The highest BCUT2D eigenvalue weighted by molar-refractivity contribution is 6.30. The third kappa shape index (κ3) is 3.40. The van der Waals surface area contributed by atoms with Crippen molar-refractivity contribution in [3.8, 4) is 5.75 Å². The lowest BCUT2D eigenvalue weighted by Crippen LogP contribution is -2.42. The number of aryl methyl sites for hydroxylation is 1. The SMILES string of the molecule is Cc1cc(Cl)ccc1OCC(=O)N[C@@H](C)[C@H]1C[C@@H]2CC[C@H]1C2. The summed E-state index contributed by atoms with van der Waals surface area (Å²) in [5.74, 6) is 3.05. The van der Waals surface area contributed by atoms with Gasteiger partial charge in [-0.3, -0.25) is 4.79 Å². The van der Waals surface area contributed by atoms with Gasteiger partial charge in [0.2, 0.25) is 0 Å². The molecular weight excluding hydrogens is 298 g/mol. The Morgan fingerprint density at radius 3 is 2.86 bits per heavy atom. The molecule has 22 heavy (non-hydrogen) atoms. The molecule has 0 unspecified atom stereocenters. The van der Waals surface area contributed by atoms with E-state index in [1.54, 1.807) is 6.07 Å². The van der Waals surface area contributed by atoms with E-state index >= 15 is 0 Å². The van der Waals surface area contributed by atoms with Crippen LogP contribution in [0.15, 0.2) is 18.2 Å². The van der Waals surface area contributed by atoms with E-state index in [0.29, 0.717) is 16.7 Å². The van der Waals surface area contributed by atoms with Crippen LogP contribution in [-0.4, -0.2) is 18.6 Å². The zero-order valence-corrected chi connectivity index (χ0v) is 14.0. The van der Waals surface area contributed by atoms with Crippen LogP contribution >= 0.6 is 11.6 Å². The molecule has 0 spiro atoms. The summed E-state index contributed by atoms with van der Waals surface area (Å²) in [6.45, 7) is 4.13. The third-order valence-corrected chi connectivity index (χ3v) is 5.55. The maximum atomic E-state index is 12.1. The van der Waals surface area contributed by atoms with E-state index in [-0.39, 0.29) is 18.6 Å². The van der Waals surface area contributed by atoms with Gasteiger partial charge in [0.1, 0.15) is 5.75 Å². The minimum absolute atomic E-state index is 0.0374. The fourth-order valence-electron chi connectivity index (χ4n) is 4.23. The van der Waals surface area contributed by atoms with E-state index in [2.05, 4.69) is 12.2 Å². The molecule has 0 aliphatic heterocycles. The molecule has 0 heterocycles. The Labute approximate surface area is 137 Å². The molecule has 2 aliphatic carbocycles. The van der Waals surface area contributed by atoms with Crippen LogP contribution in [0.3, 0.4) is 0 Å². The molecule has 1 aromatic carbocycles. The number of ether oxygens (including phenoxy) is 1. The van der Waals surface area contributed by atoms with Gasteiger partial charge in [-0.2, -0.15) is 0 Å². The summed E-state index contributed by atoms with van der Waals surface area (Å²) >= 11 is 5.92. The Morgan fingerprint density at radius 1 is 1.41 bits per heavy atom. The smallest absolute Gasteiger partial charge is 0.258 e. The van der Waals surface area contributed by atoms with E-state index < -0.39 is 0 Å². The van der Waals surface area contributed by atoms with Crippen molar-refractivity contribution in [2.24, 2.45) is 17.8 Å². The van der Waals surface area contributed by atoms with Crippen molar-refractivity contribution in [3.63, 3.8) is 0 Å². The quantitative estimate of drug-likeness (QED) is 0.891. The minimum atomic E-state index is -0.0374. The van der Waals surface area contributed by atoms with Crippen molar-refractivity contribution in [2.45, 2.75) is 45.6 Å². The zero-order valence-electron chi connectivity index (χ0n) is 13.3. The van der Waals surface area contributed by atoms with Crippen molar-refractivity contribution in [2.75, 3.05) is 6.61 Å². The van der Waals surface area contributed by atoms with Gasteiger partial charge in [0.15, 0.2) is 6.61 Å². The van der Waals surface area contributed by atoms with Gasteiger partial charge >= 0.3 is 0 Å². The number of rotatable bonds is 5. The lowest BCUT2D eigenvalue weighted by atomic mass is 9.84. The highest BCUT2D eigenvalue weighted by atomic mass is 35.5. The molecule has 3 rings (SSSR count). The number of nitrogens with one attached hydrogen (secondary N) is 1. The summed E-state index contributed by atoms with van der Waals surface area (Å²) in [7, 11) is 0. The molecule has 0 radical (unpaired) electrons. The van der Waals surface area contributed by atoms with Crippen molar-refractivity contribution < 1.29 is 9.53 Å². The molecule has 4 heteroatoms. The topological polar surface area (TPSA) is 38.3 Å². The van der Waals surface area contributed by atoms with Crippen molar-refractivity contribution in [1.82, 2.24) is 5.32 Å². The highest BCUT2D eigenvalue weighted by Gasteiger charge is 2.42. The van der Waals surface area contributed by atoms with E-state index in [1.165, 1.54) is 25.7 Å². The van der Waals surface area contributed by atoms with Crippen LogP contribution in [0.4, 0.5) is 0 Å². The third-order valence-electron chi connectivity index (χ3n) is 5.32. The summed E-state index contributed by atoms with van der Waals surface area (Å²) in [5.41, 5.74) is 0.946. The first kappa shape index (κ1) is 15.7. The van der Waals surface area contributed by atoms with Crippen LogP contribution in [0.5, 0.6) is 5.75 Å². The molecule has 2 aliphatic rings. The first-order valence-corrected chi connectivity index (χ1v) is 8.59. The van der Waals surface area contributed by atoms with E-state index in [1.807, 2.05) is 19.1 Å². The van der Waals surface area contributed by atoms with Gasteiger partial charge in [-0.05, 0) is 74.6 Å². The first-order valence-electron chi connectivity index (χ1n) is 8.21. The number of hydrogen-bond donors (Lipinski definition) is 1. The van der Waals surface area contributed by atoms with Gasteiger partial charge in [0, 0.05) is 11.1 Å². The molecule has 1 aromatic rings. The van der Waals surface area contributed by atoms with Crippen LogP contribution in [-0.2, 0) is 4.79 Å². The van der Waals surface area contributed by atoms with Crippen LogP contribution in [0.25, 0.3) is 0 Å². The summed E-state index contributed by atoms with van der Waals surface area (Å²) in [5, 5.41) is 3.80. The molecular formula is C18H24ClNO2. The molecule has 3 nitrogen and oxygen atoms in total. The number of fused-ring (bicyclic) bond motifs is 2. The Kier molecular flexibility index (Phi) is 4.62. The molecule has 2 fully saturated rings.